The standard InChI is InChI=1S/C31H54O6S2Si/c1-9-31(21-12-22-31)28(37-40(7,8)30(2,3)4)16-11-15-25-23(17-19-26(25)36-39(6,33)34)13-10-14-24-18-20-27(38-24)29(32)35-5/h18,20,23,25-26,28H,9-17,19,21-22H2,1-8H3/t23-,25+,26-,28?/m0/s1. The number of hydrogen-bond acceptors (Lipinski definition) is 7. The molecule has 0 saturated heterocycles. The summed E-state index contributed by atoms with van der Waals surface area (Å²) in [7, 11) is -4.00. The van der Waals surface area contributed by atoms with E-state index in [0.717, 1.165) is 51.4 Å². The molecule has 2 aliphatic carbocycles. The predicted octanol–water partition coefficient (Wildman–Crippen LogP) is 8.37. The summed E-state index contributed by atoms with van der Waals surface area (Å²) in [4.78, 5) is 13.6. The summed E-state index contributed by atoms with van der Waals surface area (Å²) < 4.78 is 41.8. The van der Waals surface area contributed by atoms with E-state index in [2.05, 4.69) is 40.8 Å². The Morgan fingerprint density at radius 3 is 2.40 bits per heavy atom. The lowest BCUT2D eigenvalue weighted by Crippen LogP contribution is -2.51. The van der Waals surface area contributed by atoms with E-state index in [1.807, 2.05) is 12.1 Å². The molecule has 1 unspecified atom stereocenters. The quantitative estimate of drug-likeness (QED) is 0.112. The van der Waals surface area contributed by atoms with E-state index >= 15 is 0 Å². The van der Waals surface area contributed by atoms with Gasteiger partial charge in [0.05, 0.1) is 25.6 Å². The number of esters is 1. The first-order valence-electron chi connectivity index (χ1n) is 15.3. The van der Waals surface area contributed by atoms with Crippen molar-refractivity contribution in [2.24, 2.45) is 17.3 Å². The Balaban J connectivity index is 1.65. The lowest BCUT2D eigenvalue weighted by atomic mass is 9.62. The number of ether oxygens (including phenoxy) is 1. The number of carbonyl (C=O) groups is 1. The van der Waals surface area contributed by atoms with Gasteiger partial charge in [0.1, 0.15) is 4.88 Å². The van der Waals surface area contributed by atoms with Gasteiger partial charge in [-0.1, -0.05) is 40.5 Å². The molecule has 2 fully saturated rings. The molecule has 2 saturated carbocycles. The van der Waals surface area contributed by atoms with Gasteiger partial charge in [-0.2, -0.15) is 8.42 Å². The average molecular weight is 615 g/mol. The van der Waals surface area contributed by atoms with Crippen molar-refractivity contribution in [3.05, 3.63) is 21.9 Å². The second kappa shape index (κ2) is 13.7. The van der Waals surface area contributed by atoms with Crippen LogP contribution in [0.4, 0.5) is 0 Å². The van der Waals surface area contributed by atoms with Crippen molar-refractivity contribution in [1.82, 2.24) is 0 Å². The fraction of sp³-hybridized carbons (Fsp3) is 0.839. The molecule has 1 aromatic rings. The number of hydrogen-bond donors (Lipinski definition) is 0. The van der Waals surface area contributed by atoms with Crippen molar-refractivity contribution in [3.63, 3.8) is 0 Å². The molecule has 0 spiro atoms. The number of rotatable bonds is 15. The maximum absolute atomic E-state index is 12.1. The van der Waals surface area contributed by atoms with Crippen molar-refractivity contribution < 1.29 is 26.6 Å². The Morgan fingerprint density at radius 1 is 1.15 bits per heavy atom. The summed E-state index contributed by atoms with van der Waals surface area (Å²) in [5, 5.41) is 0.176. The van der Waals surface area contributed by atoms with Crippen molar-refractivity contribution >= 4 is 35.7 Å². The smallest absolute Gasteiger partial charge is 0.348 e. The molecular formula is C31H54O6S2Si. The van der Waals surface area contributed by atoms with Crippen LogP contribution in [0, 0.1) is 17.3 Å². The predicted molar refractivity (Wildman–Crippen MR) is 167 cm³/mol. The first kappa shape index (κ1) is 33.8. The zero-order chi connectivity index (χ0) is 29.8. The largest absolute Gasteiger partial charge is 0.465 e. The van der Waals surface area contributed by atoms with E-state index in [0.29, 0.717) is 16.2 Å². The topological polar surface area (TPSA) is 78.9 Å². The molecule has 6 nitrogen and oxygen atoms in total. The SMILES string of the molecule is CCC1(C(CCC[C@@H]2[C@@H](CCCc3ccc(C(=O)OC)s3)CC[C@@H]2OS(C)(=O)=O)O[Si](C)(C)C(C)(C)C)CCC1. The molecule has 0 aliphatic heterocycles. The van der Waals surface area contributed by atoms with Gasteiger partial charge in [0.15, 0.2) is 8.32 Å². The van der Waals surface area contributed by atoms with Crippen LogP contribution >= 0.6 is 11.3 Å². The van der Waals surface area contributed by atoms with E-state index in [1.165, 1.54) is 55.3 Å². The second-order valence-electron chi connectivity index (χ2n) is 13.9. The van der Waals surface area contributed by atoms with E-state index in [9.17, 15) is 13.2 Å². The summed E-state index contributed by atoms with van der Waals surface area (Å²) in [5.74, 6) is 0.419. The fourth-order valence-electron chi connectivity index (χ4n) is 6.59. The summed E-state index contributed by atoms with van der Waals surface area (Å²) in [6.45, 7) is 14.0. The molecular weight excluding hydrogens is 561 g/mol. The zero-order valence-electron chi connectivity index (χ0n) is 26.2. The molecule has 0 aromatic carbocycles. The van der Waals surface area contributed by atoms with E-state index < -0.39 is 18.4 Å². The van der Waals surface area contributed by atoms with Crippen LogP contribution in [0.25, 0.3) is 0 Å². The lowest BCUT2D eigenvalue weighted by molar-refractivity contribution is -0.0359. The van der Waals surface area contributed by atoms with Gasteiger partial charge in [0.2, 0.25) is 0 Å². The Morgan fingerprint density at radius 2 is 1.85 bits per heavy atom. The van der Waals surface area contributed by atoms with Crippen LogP contribution in [-0.4, -0.2) is 48.3 Å². The molecule has 1 aromatic heterocycles. The number of aryl methyl sites for hydroxylation is 1. The molecule has 230 valence electrons. The van der Waals surface area contributed by atoms with Crippen LogP contribution in [0.1, 0.15) is 113 Å². The second-order valence-corrected chi connectivity index (χ2v) is 21.4. The minimum atomic E-state index is -3.50. The van der Waals surface area contributed by atoms with E-state index in [-0.39, 0.29) is 29.1 Å². The van der Waals surface area contributed by atoms with Crippen molar-refractivity contribution in [2.45, 2.75) is 135 Å². The third kappa shape index (κ3) is 8.65. The molecule has 0 radical (unpaired) electrons. The Hall–Kier alpha value is -0.743. The Labute approximate surface area is 249 Å². The lowest BCUT2D eigenvalue weighted by Gasteiger charge is -2.51. The van der Waals surface area contributed by atoms with Crippen LogP contribution in [-0.2, 0) is 29.9 Å². The van der Waals surface area contributed by atoms with Gasteiger partial charge >= 0.3 is 5.97 Å². The monoisotopic (exact) mass is 614 g/mol. The van der Waals surface area contributed by atoms with Gasteiger partial charge in [-0.15, -0.1) is 11.3 Å². The summed E-state index contributed by atoms with van der Waals surface area (Å²) in [5.41, 5.74) is 0.303. The molecule has 9 heteroatoms. The van der Waals surface area contributed by atoms with Gasteiger partial charge in [-0.05, 0) is 112 Å². The van der Waals surface area contributed by atoms with Crippen LogP contribution in [0.2, 0.25) is 18.1 Å². The summed E-state index contributed by atoms with van der Waals surface area (Å²) in [6, 6.07) is 3.86. The Bertz CT molecular complexity index is 1060. The van der Waals surface area contributed by atoms with Gasteiger partial charge in [0.25, 0.3) is 10.1 Å². The van der Waals surface area contributed by atoms with Gasteiger partial charge in [-0.25, -0.2) is 4.79 Å². The van der Waals surface area contributed by atoms with Gasteiger partial charge in [0, 0.05) is 4.88 Å². The molecule has 0 amide bonds. The average Bonchev–Trinajstić information content (AvgIpc) is 3.44. The highest BCUT2D eigenvalue weighted by Gasteiger charge is 2.48. The highest BCUT2D eigenvalue weighted by Crippen LogP contribution is 2.52. The van der Waals surface area contributed by atoms with Crippen LogP contribution in [0.5, 0.6) is 0 Å². The summed E-state index contributed by atoms with van der Waals surface area (Å²) in [6.07, 6.45) is 14.1. The molecule has 2 aliphatic rings. The zero-order valence-corrected chi connectivity index (χ0v) is 28.8. The van der Waals surface area contributed by atoms with E-state index in [1.54, 1.807) is 0 Å². The van der Waals surface area contributed by atoms with Crippen molar-refractivity contribution in [3.8, 4) is 0 Å². The molecule has 0 bridgehead atoms. The molecule has 40 heavy (non-hydrogen) atoms. The fourth-order valence-corrected chi connectivity index (χ4v) is 9.68. The maximum Gasteiger partial charge on any atom is 0.348 e. The number of thiophene rings is 1. The minimum absolute atomic E-state index is 0.176. The number of methoxy groups -OCH3 is 1. The van der Waals surface area contributed by atoms with Crippen molar-refractivity contribution in [2.75, 3.05) is 13.4 Å². The van der Waals surface area contributed by atoms with Gasteiger partial charge in [-0.3, -0.25) is 4.18 Å². The minimum Gasteiger partial charge on any atom is -0.465 e. The normalized spacial score (nSPS) is 24.1. The molecule has 4 atom stereocenters. The van der Waals surface area contributed by atoms with E-state index in [4.69, 9.17) is 13.3 Å². The Kier molecular flexibility index (Phi) is 11.6. The third-order valence-electron chi connectivity index (χ3n) is 10.2. The first-order valence-corrected chi connectivity index (χ1v) is 20.9. The molecule has 3 rings (SSSR count). The van der Waals surface area contributed by atoms with Crippen LogP contribution in [0.3, 0.4) is 0 Å². The highest BCUT2D eigenvalue weighted by molar-refractivity contribution is 7.86. The highest BCUT2D eigenvalue weighted by atomic mass is 32.2. The number of carbonyl (C=O) groups excluding carboxylic acids is 1. The third-order valence-corrected chi connectivity index (χ3v) is 16.4. The maximum atomic E-state index is 12.1. The summed E-state index contributed by atoms with van der Waals surface area (Å²) >= 11 is 1.50. The first-order chi connectivity index (χ1) is 18.6. The van der Waals surface area contributed by atoms with Crippen LogP contribution in [0.15, 0.2) is 12.1 Å². The molecule has 0 N–H and O–H groups in total. The molecule has 1 heterocycles. The van der Waals surface area contributed by atoms with Crippen LogP contribution < -0.4 is 0 Å². The van der Waals surface area contributed by atoms with Crippen molar-refractivity contribution in [1.29, 1.82) is 0 Å². The van der Waals surface area contributed by atoms with Gasteiger partial charge < -0.3 is 9.16 Å².